The molecule has 1 N–H and O–H groups in total. The molecule has 19 heavy (non-hydrogen) atoms. The predicted molar refractivity (Wildman–Crippen MR) is 78.1 cm³/mol. The third kappa shape index (κ3) is 5.11. The van der Waals surface area contributed by atoms with E-state index < -0.39 is 0 Å². The lowest BCUT2D eigenvalue weighted by Gasteiger charge is -2.32. The molecule has 0 bridgehead atoms. The van der Waals surface area contributed by atoms with Crippen LogP contribution in [0.2, 0.25) is 0 Å². The summed E-state index contributed by atoms with van der Waals surface area (Å²) in [6.07, 6.45) is 6.41. The summed E-state index contributed by atoms with van der Waals surface area (Å²) in [7, 11) is 3.98. The molecule has 0 spiro atoms. The number of carbonyl (C=O) groups excluding carboxylic acids is 1. The summed E-state index contributed by atoms with van der Waals surface area (Å²) < 4.78 is 0. The monoisotopic (exact) mass is 267 g/mol. The number of likely N-dealkylation sites (N-methyl/N-ethyl adjacent to an activating group) is 1. The SMILES string of the molecule is CNCCC1CCN(CC(=O)N(C)CC2CC2)CC1. The largest absolute Gasteiger partial charge is 0.344 e. The van der Waals surface area contributed by atoms with Gasteiger partial charge in [0.05, 0.1) is 6.54 Å². The van der Waals surface area contributed by atoms with Crippen molar-refractivity contribution in [2.45, 2.75) is 32.1 Å². The van der Waals surface area contributed by atoms with Gasteiger partial charge in [0.1, 0.15) is 0 Å². The molecule has 2 aliphatic rings. The van der Waals surface area contributed by atoms with E-state index in [4.69, 9.17) is 0 Å². The fourth-order valence-electron chi connectivity index (χ4n) is 2.88. The molecule has 0 radical (unpaired) electrons. The number of nitrogens with zero attached hydrogens (tertiary/aromatic N) is 2. The zero-order valence-electron chi connectivity index (χ0n) is 12.5. The van der Waals surface area contributed by atoms with Gasteiger partial charge in [0.2, 0.25) is 5.91 Å². The van der Waals surface area contributed by atoms with Crippen LogP contribution in [0.15, 0.2) is 0 Å². The van der Waals surface area contributed by atoms with Gasteiger partial charge in [0, 0.05) is 13.6 Å². The summed E-state index contributed by atoms with van der Waals surface area (Å²) >= 11 is 0. The predicted octanol–water partition coefficient (Wildman–Crippen LogP) is 1.18. The molecule has 0 aromatic rings. The standard InChI is InChI=1S/C15H29N3O/c1-16-8-5-13-6-9-18(10-7-13)12-15(19)17(2)11-14-3-4-14/h13-14,16H,3-12H2,1-2H3. The van der Waals surface area contributed by atoms with E-state index in [1.165, 1.54) is 32.1 Å². The molecule has 110 valence electrons. The van der Waals surface area contributed by atoms with Crippen LogP contribution in [0.4, 0.5) is 0 Å². The Labute approximate surface area is 117 Å². The van der Waals surface area contributed by atoms with Gasteiger partial charge in [-0.15, -0.1) is 0 Å². The van der Waals surface area contributed by atoms with Crippen molar-refractivity contribution in [3.63, 3.8) is 0 Å². The third-order valence-electron chi connectivity index (χ3n) is 4.52. The van der Waals surface area contributed by atoms with E-state index in [-0.39, 0.29) is 0 Å². The molecule has 2 rings (SSSR count). The van der Waals surface area contributed by atoms with Crippen molar-refractivity contribution in [2.24, 2.45) is 11.8 Å². The molecule has 1 saturated heterocycles. The average molecular weight is 267 g/mol. The number of hydrogen-bond donors (Lipinski definition) is 1. The molecule has 1 amide bonds. The number of carbonyl (C=O) groups is 1. The number of hydrogen-bond acceptors (Lipinski definition) is 3. The first-order valence-corrected chi connectivity index (χ1v) is 7.80. The smallest absolute Gasteiger partial charge is 0.236 e. The van der Waals surface area contributed by atoms with Crippen LogP contribution in [-0.4, -0.2) is 62.5 Å². The Hall–Kier alpha value is -0.610. The first-order valence-electron chi connectivity index (χ1n) is 7.80. The molecule has 4 nitrogen and oxygen atoms in total. The van der Waals surface area contributed by atoms with Crippen LogP contribution < -0.4 is 5.32 Å². The van der Waals surface area contributed by atoms with Crippen LogP contribution in [0.5, 0.6) is 0 Å². The van der Waals surface area contributed by atoms with Gasteiger partial charge < -0.3 is 10.2 Å². The van der Waals surface area contributed by atoms with Gasteiger partial charge in [-0.05, 0) is 70.6 Å². The van der Waals surface area contributed by atoms with Gasteiger partial charge in [-0.3, -0.25) is 9.69 Å². The molecule has 1 aliphatic heterocycles. The van der Waals surface area contributed by atoms with E-state index in [9.17, 15) is 4.79 Å². The lowest BCUT2D eigenvalue weighted by molar-refractivity contribution is -0.131. The highest BCUT2D eigenvalue weighted by Crippen LogP contribution is 2.29. The summed E-state index contributed by atoms with van der Waals surface area (Å²) in [5.41, 5.74) is 0. The van der Waals surface area contributed by atoms with E-state index in [1.807, 2.05) is 19.0 Å². The maximum absolute atomic E-state index is 12.1. The highest BCUT2D eigenvalue weighted by atomic mass is 16.2. The molecule has 1 aliphatic carbocycles. The third-order valence-corrected chi connectivity index (χ3v) is 4.52. The quantitative estimate of drug-likeness (QED) is 0.752. The maximum atomic E-state index is 12.1. The zero-order valence-corrected chi connectivity index (χ0v) is 12.5. The van der Waals surface area contributed by atoms with E-state index in [1.54, 1.807) is 0 Å². The Morgan fingerprint density at radius 3 is 2.47 bits per heavy atom. The molecule has 1 saturated carbocycles. The molecule has 0 atom stereocenters. The summed E-state index contributed by atoms with van der Waals surface area (Å²) in [6.45, 7) is 4.90. The molecule has 2 fully saturated rings. The van der Waals surface area contributed by atoms with E-state index in [0.29, 0.717) is 12.5 Å². The first-order chi connectivity index (χ1) is 9.19. The minimum absolute atomic E-state index is 0.306. The number of nitrogens with one attached hydrogen (secondary N) is 1. The van der Waals surface area contributed by atoms with Crippen LogP contribution in [0.25, 0.3) is 0 Å². The van der Waals surface area contributed by atoms with Crippen LogP contribution in [0.1, 0.15) is 32.1 Å². The first kappa shape index (κ1) is 14.8. The van der Waals surface area contributed by atoms with Crippen LogP contribution in [-0.2, 0) is 4.79 Å². The maximum Gasteiger partial charge on any atom is 0.236 e. The van der Waals surface area contributed by atoms with Crippen LogP contribution in [0, 0.1) is 11.8 Å². The number of amides is 1. The Morgan fingerprint density at radius 1 is 1.21 bits per heavy atom. The van der Waals surface area contributed by atoms with Gasteiger partial charge in [0.15, 0.2) is 0 Å². The van der Waals surface area contributed by atoms with Crippen molar-refractivity contribution in [3.05, 3.63) is 0 Å². The Bertz CT molecular complexity index is 283. The molecule has 1 heterocycles. The van der Waals surface area contributed by atoms with Crippen molar-refractivity contribution in [1.82, 2.24) is 15.1 Å². The van der Waals surface area contributed by atoms with Gasteiger partial charge in [-0.2, -0.15) is 0 Å². The second-order valence-electron chi connectivity index (χ2n) is 6.33. The van der Waals surface area contributed by atoms with E-state index in [0.717, 1.165) is 38.0 Å². The second kappa shape index (κ2) is 7.25. The van der Waals surface area contributed by atoms with Crippen molar-refractivity contribution < 1.29 is 4.79 Å². The van der Waals surface area contributed by atoms with Gasteiger partial charge in [0.25, 0.3) is 0 Å². The lowest BCUT2D eigenvalue weighted by Crippen LogP contribution is -2.42. The molecule has 0 unspecified atom stereocenters. The van der Waals surface area contributed by atoms with Gasteiger partial charge in [-0.1, -0.05) is 0 Å². The summed E-state index contributed by atoms with van der Waals surface area (Å²) in [6, 6.07) is 0. The fraction of sp³-hybridized carbons (Fsp3) is 0.933. The summed E-state index contributed by atoms with van der Waals surface area (Å²) in [4.78, 5) is 16.4. The minimum Gasteiger partial charge on any atom is -0.344 e. The molecule has 0 aromatic carbocycles. The van der Waals surface area contributed by atoms with Crippen molar-refractivity contribution >= 4 is 5.91 Å². The van der Waals surface area contributed by atoms with Crippen molar-refractivity contribution in [1.29, 1.82) is 0 Å². The Morgan fingerprint density at radius 2 is 1.89 bits per heavy atom. The van der Waals surface area contributed by atoms with Crippen LogP contribution in [0.3, 0.4) is 0 Å². The highest BCUT2D eigenvalue weighted by molar-refractivity contribution is 5.78. The molecular formula is C15H29N3O. The van der Waals surface area contributed by atoms with E-state index >= 15 is 0 Å². The topological polar surface area (TPSA) is 35.6 Å². The van der Waals surface area contributed by atoms with Crippen molar-refractivity contribution in [3.8, 4) is 0 Å². The van der Waals surface area contributed by atoms with Gasteiger partial charge >= 0.3 is 0 Å². The summed E-state index contributed by atoms with van der Waals surface area (Å²) in [5.74, 6) is 1.95. The molecule has 0 aromatic heterocycles. The number of likely N-dealkylation sites (tertiary alicyclic amines) is 1. The average Bonchev–Trinajstić information content (AvgIpc) is 3.22. The Kier molecular flexibility index (Phi) is 5.64. The number of piperidine rings is 1. The lowest BCUT2D eigenvalue weighted by atomic mass is 9.93. The highest BCUT2D eigenvalue weighted by Gasteiger charge is 2.26. The second-order valence-corrected chi connectivity index (χ2v) is 6.33. The fourth-order valence-corrected chi connectivity index (χ4v) is 2.88. The Balaban J connectivity index is 1.62. The zero-order chi connectivity index (χ0) is 13.7. The molecule has 4 heteroatoms. The molecular weight excluding hydrogens is 238 g/mol. The van der Waals surface area contributed by atoms with Crippen molar-refractivity contribution in [2.75, 3.05) is 46.8 Å². The van der Waals surface area contributed by atoms with Gasteiger partial charge in [-0.25, -0.2) is 0 Å². The van der Waals surface area contributed by atoms with Crippen LogP contribution >= 0.6 is 0 Å². The normalized spacial score (nSPS) is 21.6. The van der Waals surface area contributed by atoms with E-state index in [2.05, 4.69) is 10.2 Å². The number of rotatable bonds is 7. The summed E-state index contributed by atoms with van der Waals surface area (Å²) in [5, 5.41) is 3.22. The minimum atomic E-state index is 0.306.